The van der Waals surface area contributed by atoms with Gasteiger partial charge < -0.3 is 10.5 Å². The first-order valence-corrected chi connectivity index (χ1v) is 6.61. The first-order chi connectivity index (χ1) is 9.27. The molecule has 0 saturated heterocycles. The highest BCUT2D eigenvalue weighted by Crippen LogP contribution is 2.24. The normalized spacial score (nSPS) is 12.2. The van der Waals surface area contributed by atoms with Crippen LogP contribution in [0.4, 0.5) is 23.4 Å². The molecule has 0 spiro atoms. The number of nitrogens with zero attached hydrogens (tertiary/aromatic N) is 2. The smallest absolute Gasteiger partial charge is 0.330 e. The minimum atomic E-state index is -4.19. The first-order valence-electron chi connectivity index (χ1n) is 5.82. The number of anilines is 1. The lowest BCUT2D eigenvalue weighted by atomic mass is 10.2. The quantitative estimate of drug-likeness (QED) is 0.759. The van der Waals surface area contributed by atoms with Gasteiger partial charge in [0.2, 0.25) is 0 Å². The van der Waals surface area contributed by atoms with Gasteiger partial charge in [0.15, 0.2) is 5.82 Å². The van der Waals surface area contributed by atoms with Gasteiger partial charge in [0.25, 0.3) is 0 Å². The number of alkyl halides is 4. The molecule has 0 aromatic carbocycles. The molecule has 0 amide bonds. The van der Waals surface area contributed by atoms with Gasteiger partial charge in [0.1, 0.15) is 19.0 Å². The number of ether oxygens (including phenoxy) is 1. The predicted molar refractivity (Wildman–Crippen MR) is 68.7 cm³/mol. The summed E-state index contributed by atoms with van der Waals surface area (Å²) in [5.41, 5.74) is 6.26. The van der Waals surface area contributed by atoms with E-state index in [2.05, 4.69) is 30.6 Å². The van der Waals surface area contributed by atoms with Crippen molar-refractivity contribution in [3.05, 3.63) is 16.0 Å². The zero-order valence-electron chi connectivity index (χ0n) is 10.7. The molecule has 1 aromatic rings. The Hall–Kier alpha value is -0.960. The highest BCUT2D eigenvalue weighted by molar-refractivity contribution is 9.10. The maximum absolute atomic E-state index is 12.6. The lowest BCUT2D eigenvalue weighted by Crippen LogP contribution is -2.32. The Kier molecular flexibility index (Phi) is 6.12. The van der Waals surface area contributed by atoms with Crippen molar-refractivity contribution in [3.63, 3.8) is 0 Å². The van der Waals surface area contributed by atoms with E-state index in [-0.39, 0.29) is 11.6 Å². The molecule has 0 aliphatic rings. The van der Waals surface area contributed by atoms with Gasteiger partial charge in [-0.15, -0.1) is 0 Å². The Morgan fingerprint density at radius 3 is 2.55 bits per heavy atom. The number of aromatic nitrogens is 2. The van der Waals surface area contributed by atoms with E-state index in [9.17, 15) is 17.6 Å². The van der Waals surface area contributed by atoms with Crippen molar-refractivity contribution in [1.82, 2.24) is 9.97 Å². The molecule has 0 radical (unpaired) electrons. The van der Waals surface area contributed by atoms with E-state index < -0.39 is 25.6 Å². The summed E-state index contributed by atoms with van der Waals surface area (Å²) in [6, 6.07) is 0. The molecule has 20 heavy (non-hydrogen) atoms. The summed E-state index contributed by atoms with van der Waals surface area (Å²) >= 11 is 3.22. The number of halogens is 5. The maximum atomic E-state index is 12.6. The van der Waals surface area contributed by atoms with E-state index in [0.29, 0.717) is 16.6 Å². The van der Waals surface area contributed by atoms with Gasteiger partial charge in [-0.2, -0.15) is 8.78 Å². The van der Waals surface area contributed by atoms with Crippen LogP contribution < -0.4 is 5.73 Å². The van der Waals surface area contributed by atoms with Crippen molar-refractivity contribution < 1.29 is 22.3 Å². The number of hydrogen-bond donors (Lipinski definition) is 1. The molecule has 4 nitrogen and oxygen atoms in total. The number of hydrogen-bond acceptors (Lipinski definition) is 4. The van der Waals surface area contributed by atoms with Crippen LogP contribution in [0.25, 0.3) is 0 Å². The Bertz CT molecular complexity index is 460. The van der Waals surface area contributed by atoms with E-state index in [1.54, 1.807) is 0 Å². The van der Waals surface area contributed by atoms with Crippen LogP contribution in [0, 0.1) is 0 Å². The van der Waals surface area contributed by atoms with Crippen LogP contribution in [-0.2, 0) is 17.8 Å². The summed E-state index contributed by atoms with van der Waals surface area (Å²) in [5.74, 6) is -3.95. The van der Waals surface area contributed by atoms with E-state index in [4.69, 9.17) is 5.73 Å². The minimum absolute atomic E-state index is 0.0826. The molecule has 9 heteroatoms. The van der Waals surface area contributed by atoms with Crippen LogP contribution in [0.1, 0.15) is 24.9 Å². The van der Waals surface area contributed by atoms with Gasteiger partial charge in [-0.3, -0.25) is 0 Å². The van der Waals surface area contributed by atoms with Crippen molar-refractivity contribution in [2.75, 3.05) is 12.3 Å². The molecule has 1 heterocycles. The number of nitrogens with two attached hydrogens (primary N) is 1. The van der Waals surface area contributed by atoms with Crippen LogP contribution >= 0.6 is 15.9 Å². The number of aryl methyl sites for hydroxylation is 1. The average molecular weight is 360 g/mol. The summed E-state index contributed by atoms with van der Waals surface area (Å²) in [7, 11) is 0. The zero-order chi connectivity index (χ0) is 15.3. The fraction of sp³-hybridized carbons (Fsp3) is 0.636. The molecule has 0 fully saturated rings. The van der Waals surface area contributed by atoms with E-state index >= 15 is 0 Å². The SMILES string of the molecule is CCCc1nc(COCC(F)(F)C(F)F)nc(N)c1Br. The number of rotatable bonds is 7. The van der Waals surface area contributed by atoms with Crippen molar-refractivity contribution >= 4 is 21.7 Å². The first kappa shape index (κ1) is 17.1. The summed E-state index contributed by atoms with van der Waals surface area (Å²) in [6.07, 6.45) is -2.35. The van der Waals surface area contributed by atoms with Gasteiger partial charge in [-0.1, -0.05) is 13.3 Å². The molecule has 0 aliphatic carbocycles. The van der Waals surface area contributed by atoms with Crippen molar-refractivity contribution in [2.24, 2.45) is 0 Å². The molecular formula is C11H14BrF4N3O. The van der Waals surface area contributed by atoms with Gasteiger partial charge in [0, 0.05) is 0 Å². The van der Waals surface area contributed by atoms with E-state index in [0.717, 1.165) is 6.42 Å². The predicted octanol–water partition coefficient (Wildman–Crippen LogP) is 3.19. The Morgan fingerprint density at radius 2 is 2.00 bits per heavy atom. The Balaban J connectivity index is 2.69. The van der Waals surface area contributed by atoms with Crippen LogP contribution in [0.15, 0.2) is 4.47 Å². The van der Waals surface area contributed by atoms with Crippen LogP contribution in [0.2, 0.25) is 0 Å². The van der Waals surface area contributed by atoms with Gasteiger partial charge >= 0.3 is 12.3 Å². The molecule has 0 saturated carbocycles. The summed E-state index contributed by atoms with van der Waals surface area (Å²) < 4.78 is 54.2. The van der Waals surface area contributed by atoms with Crippen molar-refractivity contribution in [2.45, 2.75) is 38.7 Å². The molecule has 0 atom stereocenters. The van der Waals surface area contributed by atoms with Crippen LogP contribution in [-0.4, -0.2) is 28.9 Å². The average Bonchev–Trinajstić information content (AvgIpc) is 2.35. The second-order valence-electron chi connectivity index (χ2n) is 4.09. The Labute approximate surface area is 121 Å². The van der Waals surface area contributed by atoms with E-state index in [1.807, 2.05) is 6.92 Å². The standard InChI is InChI=1S/C11H14BrF4N3O/c1-2-3-6-8(12)9(17)19-7(18-6)4-20-5-11(15,16)10(13)14/h10H,2-5H2,1H3,(H2,17,18,19). The molecule has 0 unspecified atom stereocenters. The van der Waals surface area contributed by atoms with Gasteiger partial charge in [0.05, 0.1) is 10.2 Å². The third kappa shape index (κ3) is 4.55. The Morgan fingerprint density at radius 1 is 1.35 bits per heavy atom. The van der Waals surface area contributed by atoms with Crippen molar-refractivity contribution in [3.8, 4) is 0 Å². The van der Waals surface area contributed by atoms with Gasteiger partial charge in [-0.25, -0.2) is 18.7 Å². The highest BCUT2D eigenvalue weighted by Gasteiger charge is 2.41. The molecule has 0 bridgehead atoms. The molecule has 1 rings (SSSR count). The maximum Gasteiger partial charge on any atom is 0.330 e. The fourth-order valence-corrected chi connectivity index (χ4v) is 1.75. The monoisotopic (exact) mass is 359 g/mol. The zero-order valence-corrected chi connectivity index (χ0v) is 12.3. The van der Waals surface area contributed by atoms with Crippen LogP contribution in [0.5, 0.6) is 0 Å². The lowest BCUT2D eigenvalue weighted by molar-refractivity contribution is -0.168. The lowest BCUT2D eigenvalue weighted by Gasteiger charge is -2.15. The van der Waals surface area contributed by atoms with Crippen LogP contribution in [0.3, 0.4) is 0 Å². The van der Waals surface area contributed by atoms with E-state index in [1.165, 1.54) is 0 Å². The summed E-state index contributed by atoms with van der Waals surface area (Å²) in [6.45, 7) is 0.133. The van der Waals surface area contributed by atoms with Crippen molar-refractivity contribution in [1.29, 1.82) is 0 Å². The third-order valence-corrected chi connectivity index (χ3v) is 3.19. The number of nitrogen functional groups attached to an aromatic ring is 1. The largest absolute Gasteiger partial charge is 0.383 e. The molecular weight excluding hydrogens is 346 g/mol. The molecule has 114 valence electrons. The highest BCUT2D eigenvalue weighted by atomic mass is 79.9. The second kappa shape index (κ2) is 7.16. The van der Waals surface area contributed by atoms with Gasteiger partial charge in [-0.05, 0) is 22.4 Å². The third-order valence-electron chi connectivity index (χ3n) is 2.32. The molecule has 2 N–H and O–H groups in total. The topological polar surface area (TPSA) is 61.0 Å². The fourth-order valence-electron chi connectivity index (χ4n) is 1.37. The molecule has 1 aromatic heterocycles. The summed E-state index contributed by atoms with van der Waals surface area (Å²) in [5, 5.41) is 0. The summed E-state index contributed by atoms with van der Waals surface area (Å²) in [4.78, 5) is 7.93. The second-order valence-corrected chi connectivity index (χ2v) is 4.88. The minimum Gasteiger partial charge on any atom is -0.383 e. The molecule has 0 aliphatic heterocycles.